The van der Waals surface area contributed by atoms with Crippen molar-refractivity contribution < 1.29 is 4.79 Å². The number of nitrogens with one attached hydrogen (secondary N) is 2. The van der Waals surface area contributed by atoms with Gasteiger partial charge >= 0.3 is 0 Å². The molecular weight excluding hydrogens is 286 g/mol. The Balaban J connectivity index is 1.67. The molecule has 122 valence electrons. The molecule has 1 aliphatic heterocycles. The molecule has 2 heterocycles. The molecule has 4 nitrogen and oxygen atoms in total. The van der Waals surface area contributed by atoms with Gasteiger partial charge in [0.2, 0.25) is 5.91 Å². The Hall–Kier alpha value is -1.86. The topological polar surface area (TPSA) is 54.0 Å². The fraction of sp³-hybridized carbons (Fsp3) is 0.579. The Bertz CT molecular complexity index is 576. The molecule has 0 aromatic carbocycles. The second-order valence-corrected chi connectivity index (χ2v) is 6.73. The molecule has 3 rings (SSSR count). The van der Waals surface area contributed by atoms with Crippen LogP contribution in [0.2, 0.25) is 0 Å². The third-order valence-electron chi connectivity index (χ3n) is 4.83. The molecule has 1 unspecified atom stereocenters. The summed E-state index contributed by atoms with van der Waals surface area (Å²) >= 11 is 0. The zero-order chi connectivity index (χ0) is 16.0. The van der Waals surface area contributed by atoms with Gasteiger partial charge in [0.05, 0.1) is 17.9 Å². The molecule has 1 aromatic heterocycles. The molecule has 1 saturated carbocycles. The van der Waals surface area contributed by atoms with E-state index in [4.69, 9.17) is 0 Å². The lowest BCUT2D eigenvalue weighted by Gasteiger charge is -2.32. The number of amides is 1. The van der Waals surface area contributed by atoms with E-state index in [2.05, 4.69) is 27.5 Å². The largest absolute Gasteiger partial charge is 0.325 e. The van der Waals surface area contributed by atoms with Gasteiger partial charge in [0.25, 0.3) is 0 Å². The predicted molar refractivity (Wildman–Crippen MR) is 91.8 cm³/mol. The van der Waals surface area contributed by atoms with Crippen LogP contribution in [0, 0.1) is 17.3 Å². The molecule has 2 fully saturated rings. The second-order valence-electron chi connectivity index (χ2n) is 6.73. The van der Waals surface area contributed by atoms with Gasteiger partial charge in [-0.25, -0.2) is 0 Å². The maximum atomic E-state index is 12.5. The normalized spacial score (nSPS) is 22.9. The van der Waals surface area contributed by atoms with Crippen molar-refractivity contribution in [3.05, 3.63) is 24.5 Å². The number of hydrogen-bond acceptors (Lipinski definition) is 3. The second kappa shape index (κ2) is 7.61. The minimum atomic E-state index is -0.144. The van der Waals surface area contributed by atoms with Gasteiger partial charge in [0, 0.05) is 18.0 Å². The van der Waals surface area contributed by atoms with Gasteiger partial charge in [-0.1, -0.05) is 31.1 Å². The number of hydrogen-bond donors (Lipinski definition) is 2. The van der Waals surface area contributed by atoms with Gasteiger partial charge in [-0.05, 0) is 44.4 Å². The number of anilines is 1. The van der Waals surface area contributed by atoms with Crippen molar-refractivity contribution in [1.29, 1.82) is 0 Å². The lowest BCUT2D eigenvalue weighted by molar-refractivity contribution is -0.118. The van der Waals surface area contributed by atoms with Gasteiger partial charge in [-0.2, -0.15) is 0 Å². The molecule has 1 aliphatic carbocycles. The van der Waals surface area contributed by atoms with E-state index in [0.29, 0.717) is 12.5 Å². The Labute approximate surface area is 138 Å². The van der Waals surface area contributed by atoms with Crippen molar-refractivity contribution in [3.8, 4) is 11.8 Å². The summed E-state index contributed by atoms with van der Waals surface area (Å²) in [7, 11) is 0. The number of nitrogens with zero attached hydrogens (tertiary/aromatic N) is 1. The fourth-order valence-electron chi connectivity index (χ4n) is 3.57. The van der Waals surface area contributed by atoms with Crippen LogP contribution in [0.4, 0.5) is 5.69 Å². The monoisotopic (exact) mass is 311 g/mol. The molecule has 1 amide bonds. The van der Waals surface area contributed by atoms with E-state index in [9.17, 15) is 4.79 Å². The summed E-state index contributed by atoms with van der Waals surface area (Å²) in [6.07, 6.45) is 11.9. The first-order chi connectivity index (χ1) is 11.3. The summed E-state index contributed by atoms with van der Waals surface area (Å²) in [5.41, 5.74) is 0.614. The van der Waals surface area contributed by atoms with E-state index >= 15 is 0 Å². The first kappa shape index (κ1) is 16.0. The molecule has 2 N–H and O–H groups in total. The number of carbonyl (C=O) groups is 1. The summed E-state index contributed by atoms with van der Waals surface area (Å²) in [6.45, 7) is 1.06. The van der Waals surface area contributed by atoms with Crippen LogP contribution in [-0.2, 0) is 4.79 Å². The number of pyridine rings is 1. The summed E-state index contributed by atoms with van der Waals surface area (Å²) in [4.78, 5) is 16.5. The first-order valence-electron chi connectivity index (χ1n) is 8.72. The molecule has 1 atom stereocenters. The van der Waals surface area contributed by atoms with Crippen LogP contribution < -0.4 is 10.6 Å². The van der Waals surface area contributed by atoms with E-state index < -0.39 is 0 Å². The minimum absolute atomic E-state index is 0.0496. The molecule has 0 spiro atoms. The van der Waals surface area contributed by atoms with Crippen LogP contribution in [0.5, 0.6) is 0 Å². The van der Waals surface area contributed by atoms with E-state index in [1.165, 1.54) is 25.7 Å². The molecular formula is C19H25N3O. The number of carbonyl (C=O) groups excluding carboxylic acids is 1. The quantitative estimate of drug-likeness (QED) is 0.843. The van der Waals surface area contributed by atoms with Crippen molar-refractivity contribution in [3.63, 3.8) is 0 Å². The van der Waals surface area contributed by atoms with E-state index in [-0.39, 0.29) is 11.3 Å². The molecule has 1 aromatic rings. The lowest BCUT2D eigenvalue weighted by Crippen LogP contribution is -2.29. The van der Waals surface area contributed by atoms with Gasteiger partial charge in [0.1, 0.15) is 0 Å². The standard InChI is InChI=1S/C19H25N3O/c23-18(22-17-7-4-12-20-15-17)14-19(9-2-1-3-10-19)11-8-16-6-5-13-21-16/h4,7,12,15-16,21H,1-3,5-6,9-10,13-14H2,(H,22,23). The van der Waals surface area contributed by atoms with Crippen molar-refractivity contribution in [2.24, 2.45) is 5.41 Å². The molecule has 23 heavy (non-hydrogen) atoms. The summed E-state index contributed by atoms with van der Waals surface area (Å²) in [5, 5.41) is 6.38. The highest BCUT2D eigenvalue weighted by Crippen LogP contribution is 2.39. The zero-order valence-corrected chi connectivity index (χ0v) is 13.6. The van der Waals surface area contributed by atoms with Crippen LogP contribution >= 0.6 is 0 Å². The smallest absolute Gasteiger partial charge is 0.225 e. The van der Waals surface area contributed by atoms with Crippen molar-refractivity contribution in [1.82, 2.24) is 10.3 Å². The third-order valence-corrected chi connectivity index (χ3v) is 4.83. The summed E-state index contributed by atoms with van der Waals surface area (Å²) in [6, 6.07) is 4.01. The molecule has 0 radical (unpaired) electrons. The van der Waals surface area contributed by atoms with Gasteiger partial charge in [-0.15, -0.1) is 0 Å². The van der Waals surface area contributed by atoms with Gasteiger partial charge < -0.3 is 10.6 Å². The molecule has 0 bridgehead atoms. The Kier molecular flexibility index (Phi) is 5.30. The van der Waals surface area contributed by atoms with Gasteiger partial charge in [-0.3, -0.25) is 9.78 Å². The summed E-state index contributed by atoms with van der Waals surface area (Å²) < 4.78 is 0. The maximum absolute atomic E-state index is 12.5. The lowest BCUT2D eigenvalue weighted by atomic mass is 9.72. The third kappa shape index (κ3) is 4.56. The predicted octanol–water partition coefficient (Wildman–Crippen LogP) is 3.12. The van der Waals surface area contributed by atoms with Crippen molar-refractivity contribution >= 4 is 11.6 Å². The highest BCUT2D eigenvalue weighted by Gasteiger charge is 2.33. The van der Waals surface area contributed by atoms with Crippen LogP contribution in [0.25, 0.3) is 0 Å². The van der Waals surface area contributed by atoms with Crippen molar-refractivity contribution in [2.75, 3.05) is 11.9 Å². The number of rotatable bonds is 3. The molecule has 2 aliphatic rings. The van der Waals surface area contributed by atoms with Gasteiger partial charge in [0.15, 0.2) is 0 Å². The highest BCUT2D eigenvalue weighted by atomic mass is 16.1. The summed E-state index contributed by atoms with van der Waals surface area (Å²) in [5.74, 6) is 6.96. The molecule has 4 heteroatoms. The van der Waals surface area contributed by atoms with Crippen LogP contribution in [0.15, 0.2) is 24.5 Å². The average molecular weight is 311 g/mol. The highest BCUT2D eigenvalue weighted by molar-refractivity contribution is 5.91. The van der Waals surface area contributed by atoms with E-state index in [0.717, 1.165) is 31.5 Å². The first-order valence-corrected chi connectivity index (χ1v) is 8.72. The van der Waals surface area contributed by atoms with E-state index in [1.807, 2.05) is 12.1 Å². The number of aromatic nitrogens is 1. The SMILES string of the molecule is O=C(CC1(C#CC2CCCN2)CCCCC1)Nc1cccnc1. The van der Waals surface area contributed by atoms with Crippen LogP contribution in [0.3, 0.4) is 0 Å². The zero-order valence-electron chi connectivity index (χ0n) is 13.6. The van der Waals surface area contributed by atoms with Crippen LogP contribution in [0.1, 0.15) is 51.4 Å². The maximum Gasteiger partial charge on any atom is 0.225 e. The average Bonchev–Trinajstić information content (AvgIpc) is 3.08. The van der Waals surface area contributed by atoms with Crippen LogP contribution in [-0.4, -0.2) is 23.5 Å². The Morgan fingerprint density at radius 1 is 1.35 bits per heavy atom. The minimum Gasteiger partial charge on any atom is -0.325 e. The van der Waals surface area contributed by atoms with E-state index in [1.54, 1.807) is 12.4 Å². The Morgan fingerprint density at radius 2 is 2.22 bits per heavy atom. The van der Waals surface area contributed by atoms with Crippen molar-refractivity contribution in [2.45, 2.75) is 57.4 Å². The molecule has 1 saturated heterocycles. The fourth-order valence-corrected chi connectivity index (χ4v) is 3.57. The Morgan fingerprint density at radius 3 is 2.91 bits per heavy atom.